The van der Waals surface area contributed by atoms with E-state index in [9.17, 15) is 19.8 Å². The van der Waals surface area contributed by atoms with Crippen molar-refractivity contribution in [2.75, 3.05) is 7.11 Å². The number of hydrogen-bond acceptors (Lipinski definition) is 7. The molecule has 0 aromatic heterocycles. The topological polar surface area (TPSA) is 102 Å². The highest BCUT2D eigenvalue weighted by molar-refractivity contribution is 6.31. The number of hydrogen-bond donors (Lipinski definition) is 2. The summed E-state index contributed by atoms with van der Waals surface area (Å²) in [7, 11) is 1.42. The molecule has 1 saturated heterocycles. The van der Waals surface area contributed by atoms with Gasteiger partial charge in [-0.3, -0.25) is 9.59 Å². The highest BCUT2D eigenvalue weighted by Crippen LogP contribution is 2.52. The van der Waals surface area contributed by atoms with Crippen LogP contribution in [0.2, 0.25) is 0 Å². The fourth-order valence-corrected chi connectivity index (χ4v) is 5.63. The minimum absolute atomic E-state index is 0.0290. The van der Waals surface area contributed by atoms with Gasteiger partial charge in [0.25, 0.3) is 0 Å². The van der Waals surface area contributed by atoms with Gasteiger partial charge in [-0.05, 0) is 57.9 Å². The third-order valence-corrected chi connectivity index (χ3v) is 7.48. The molecule has 1 unspecified atom stereocenters. The third-order valence-electron chi connectivity index (χ3n) is 7.48. The Morgan fingerprint density at radius 3 is 2.51 bits per heavy atom. The van der Waals surface area contributed by atoms with Crippen molar-refractivity contribution >= 4 is 11.6 Å². The van der Waals surface area contributed by atoms with Crippen LogP contribution in [0.1, 0.15) is 88.6 Å². The van der Waals surface area contributed by atoms with Crippen LogP contribution in [0.15, 0.2) is 30.4 Å². The molecule has 7 heteroatoms. The van der Waals surface area contributed by atoms with Gasteiger partial charge in [-0.25, -0.2) is 0 Å². The quantitative estimate of drug-likeness (QED) is 0.402. The SMILES string of the molecule is C=C(C)C1Cc2c(O)c3c(c(O)c2[C@@H](O[C@H]2CCC[C@H](C)O2)C1)C(=O)c1c(OC)cccc1C3=O. The summed E-state index contributed by atoms with van der Waals surface area (Å²) >= 11 is 0. The van der Waals surface area contributed by atoms with E-state index in [4.69, 9.17) is 14.2 Å². The van der Waals surface area contributed by atoms with E-state index in [1.807, 2.05) is 13.8 Å². The van der Waals surface area contributed by atoms with Crippen LogP contribution < -0.4 is 4.74 Å². The van der Waals surface area contributed by atoms with Crippen molar-refractivity contribution in [1.29, 1.82) is 0 Å². The lowest BCUT2D eigenvalue weighted by molar-refractivity contribution is -0.216. The molecular formula is C28H30O7. The predicted molar refractivity (Wildman–Crippen MR) is 128 cm³/mol. The number of phenolic OH excluding ortho intramolecular Hbond substituents is 2. The third kappa shape index (κ3) is 3.74. The fraction of sp³-hybridized carbons (Fsp3) is 0.429. The minimum Gasteiger partial charge on any atom is -0.507 e. The molecule has 0 radical (unpaired) electrons. The largest absolute Gasteiger partial charge is 0.507 e. The average molecular weight is 479 g/mol. The molecule has 0 spiro atoms. The van der Waals surface area contributed by atoms with Crippen molar-refractivity contribution in [3.63, 3.8) is 0 Å². The van der Waals surface area contributed by atoms with E-state index in [0.29, 0.717) is 30.4 Å². The summed E-state index contributed by atoms with van der Waals surface area (Å²) in [5.74, 6) is -1.48. The zero-order chi connectivity index (χ0) is 25.0. The maximum Gasteiger partial charge on any atom is 0.202 e. The molecule has 2 aromatic carbocycles. The Bertz CT molecular complexity index is 1240. The molecule has 184 valence electrons. The molecule has 1 heterocycles. The molecule has 7 nitrogen and oxygen atoms in total. The number of ketones is 2. The van der Waals surface area contributed by atoms with Gasteiger partial charge in [0.1, 0.15) is 17.2 Å². The molecule has 1 fully saturated rings. The number of phenols is 2. The Balaban J connectivity index is 1.68. The van der Waals surface area contributed by atoms with E-state index in [-0.39, 0.29) is 51.5 Å². The van der Waals surface area contributed by atoms with Gasteiger partial charge in [0.05, 0.1) is 36.0 Å². The maximum absolute atomic E-state index is 13.6. The zero-order valence-electron chi connectivity index (χ0n) is 20.2. The Hall–Kier alpha value is -3.16. The molecule has 2 N–H and O–H groups in total. The molecule has 1 aliphatic heterocycles. The smallest absolute Gasteiger partial charge is 0.202 e. The summed E-state index contributed by atoms with van der Waals surface area (Å²) in [5, 5.41) is 22.9. The number of carbonyl (C=O) groups excluding carboxylic acids is 2. The fourth-order valence-electron chi connectivity index (χ4n) is 5.63. The van der Waals surface area contributed by atoms with E-state index in [1.54, 1.807) is 12.1 Å². The van der Waals surface area contributed by atoms with Gasteiger partial charge < -0.3 is 24.4 Å². The Kier molecular flexibility index (Phi) is 5.93. The normalized spacial score (nSPS) is 25.5. The number of ether oxygens (including phenoxy) is 3. The van der Waals surface area contributed by atoms with Gasteiger partial charge in [-0.15, -0.1) is 0 Å². The first-order valence-corrected chi connectivity index (χ1v) is 12.1. The van der Waals surface area contributed by atoms with Crippen molar-refractivity contribution in [3.8, 4) is 17.2 Å². The van der Waals surface area contributed by atoms with Crippen LogP contribution in [0.5, 0.6) is 17.2 Å². The molecule has 0 bridgehead atoms. The molecule has 2 aliphatic carbocycles. The number of carbonyl (C=O) groups is 2. The van der Waals surface area contributed by atoms with E-state index < -0.39 is 24.0 Å². The van der Waals surface area contributed by atoms with Gasteiger partial charge in [0.2, 0.25) is 5.78 Å². The molecule has 0 amide bonds. The second-order valence-corrected chi connectivity index (χ2v) is 9.80. The first-order valence-electron chi connectivity index (χ1n) is 12.1. The predicted octanol–water partition coefficient (Wildman–Crippen LogP) is 4.99. The molecule has 4 atom stereocenters. The first kappa shape index (κ1) is 23.6. The second-order valence-electron chi connectivity index (χ2n) is 9.80. The van der Waals surface area contributed by atoms with Crippen molar-refractivity contribution in [1.82, 2.24) is 0 Å². The Morgan fingerprint density at radius 2 is 1.83 bits per heavy atom. The summed E-state index contributed by atoms with van der Waals surface area (Å²) in [6, 6.07) is 4.74. The lowest BCUT2D eigenvalue weighted by Crippen LogP contribution is -2.32. The molecule has 35 heavy (non-hydrogen) atoms. The zero-order valence-corrected chi connectivity index (χ0v) is 20.2. The number of allylic oxidation sites excluding steroid dienone is 1. The van der Waals surface area contributed by atoms with Crippen molar-refractivity contribution in [2.45, 2.75) is 64.4 Å². The van der Waals surface area contributed by atoms with Gasteiger partial charge in [-0.1, -0.05) is 24.3 Å². The lowest BCUT2D eigenvalue weighted by atomic mass is 9.73. The van der Waals surface area contributed by atoms with Crippen LogP contribution in [-0.2, 0) is 15.9 Å². The van der Waals surface area contributed by atoms with E-state index in [0.717, 1.165) is 18.4 Å². The summed E-state index contributed by atoms with van der Waals surface area (Å²) < 4.78 is 17.7. The van der Waals surface area contributed by atoms with Gasteiger partial charge in [0, 0.05) is 16.7 Å². The summed E-state index contributed by atoms with van der Waals surface area (Å²) in [5.41, 5.74) is 1.53. The van der Waals surface area contributed by atoms with Gasteiger partial charge in [0.15, 0.2) is 12.1 Å². The summed E-state index contributed by atoms with van der Waals surface area (Å²) in [6.07, 6.45) is 2.49. The monoisotopic (exact) mass is 478 g/mol. The molecular weight excluding hydrogens is 448 g/mol. The van der Waals surface area contributed by atoms with Crippen LogP contribution in [0.3, 0.4) is 0 Å². The number of fused-ring (bicyclic) bond motifs is 3. The highest BCUT2D eigenvalue weighted by atomic mass is 16.7. The Labute approximate surface area is 204 Å². The Morgan fingerprint density at radius 1 is 1.09 bits per heavy atom. The molecule has 2 aromatic rings. The van der Waals surface area contributed by atoms with Crippen LogP contribution in [-0.4, -0.2) is 41.3 Å². The van der Waals surface area contributed by atoms with Crippen molar-refractivity contribution < 1.29 is 34.0 Å². The second kappa shape index (κ2) is 8.81. The number of methoxy groups -OCH3 is 1. The summed E-state index contributed by atoms with van der Waals surface area (Å²) in [6.45, 7) is 8.01. The van der Waals surface area contributed by atoms with Gasteiger partial charge in [-0.2, -0.15) is 0 Å². The molecule has 0 saturated carbocycles. The first-order chi connectivity index (χ1) is 16.7. The molecule has 3 aliphatic rings. The van der Waals surface area contributed by atoms with E-state index in [2.05, 4.69) is 6.58 Å². The average Bonchev–Trinajstić information content (AvgIpc) is 2.83. The van der Waals surface area contributed by atoms with Crippen molar-refractivity contribution in [3.05, 3.63) is 63.7 Å². The van der Waals surface area contributed by atoms with Gasteiger partial charge >= 0.3 is 0 Å². The highest BCUT2D eigenvalue weighted by Gasteiger charge is 2.43. The summed E-state index contributed by atoms with van der Waals surface area (Å²) in [4.78, 5) is 27.1. The van der Waals surface area contributed by atoms with Crippen molar-refractivity contribution in [2.24, 2.45) is 5.92 Å². The lowest BCUT2D eigenvalue weighted by Gasteiger charge is -2.38. The maximum atomic E-state index is 13.6. The number of aromatic hydroxyl groups is 2. The van der Waals surface area contributed by atoms with Crippen LogP contribution in [0, 0.1) is 5.92 Å². The van der Waals surface area contributed by atoms with Crippen LogP contribution in [0.4, 0.5) is 0 Å². The standard InChI is InChI=1S/C28H30O7/c1-13(2)15-11-17-22(19(12-15)35-20-10-5-7-14(3)34-20)28(32)24-23(26(17)30)25(29)16-8-6-9-18(33-4)21(16)27(24)31/h6,8-9,14-15,19-20,30,32H,1,5,7,10-12H2,2-4H3/t14-,15?,19-,20-/m0/s1. The van der Waals surface area contributed by atoms with E-state index in [1.165, 1.54) is 13.2 Å². The van der Waals surface area contributed by atoms with E-state index >= 15 is 0 Å². The minimum atomic E-state index is -0.631. The van der Waals surface area contributed by atoms with Crippen LogP contribution >= 0.6 is 0 Å². The van der Waals surface area contributed by atoms with Crippen LogP contribution in [0.25, 0.3) is 0 Å². The number of benzene rings is 2. The molecule has 5 rings (SSSR count). The number of rotatable bonds is 4.